The summed E-state index contributed by atoms with van der Waals surface area (Å²) < 4.78 is 48.1. The van der Waals surface area contributed by atoms with Crippen molar-refractivity contribution >= 4 is 5.97 Å². The number of carboxylic acid groups (broad SMARTS) is 1. The molecule has 4 aliphatic heterocycles. The van der Waals surface area contributed by atoms with Crippen molar-refractivity contribution in [2.75, 3.05) is 19.8 Å². The van der Waals surface area contributed by atoms with Gasteiger partial charge in [0.25, 0.3) is 0 Å². The Morgan fingerprint density at radius 3 is 1.85 bits per heavy atom. The Balaban J connectivity index is 0.916. The summed E-state index contributed by atoms with van der Waals surface area (Å²) in [5, 5.41) is 132. The zero-order chi connectivity index (χ0) is 54.0. The van der Waals surface area contributed by atoms with E-state index in [9.17, 15) is 66.1 Å². The summed E-state index contributed by atoms with van der Waals surface area (Å²) in [5.41, 5.74) is -0.806. The van der Waals surface area contributed by atoms with Gasteiger partial charge in [0, 0.05) is 5.41 Å². The number of ether oxygens (including phenoxy) is 8. The van der Waals surface area contributed by atoms with E-state index in [1.54, 1.807) is 0 Å². The van der Waals surface area contributed by atoms with Crippen molar-refractivity contribution in [3.63, 3.8) is 0 Å². The summed E-state index contributed by atoms with van der Waals surface area (Å²) in [5.74, 6) is -0.495. The molecule has 424 valence electrons. The van der Waals surface area contributed by atoms with Crippen molar-refractivity contribution < 1.29 is 104 Å². The number of aliphatic hydroxyl groups is 11. The molecule has 8 fully saturated rings. The van der Waals surface area contributed by atoms with Crippen LogP contribution >= 0.6 is 0 Å². The molecule has 9 rings (SSSR count). The van der Waals surface area contributed by atoms with Crippen LogP contribution in [0.25, 0.3) is 0 Å². The van der Waals surface area contributed by atoms with Crippen LogP contribution in [0.5, 0.6) is 0 Å². The second-order valence-corrected chi connectivity index (χ2v) is 25.6. The van der Waals surface area contributed by atoms with Crippen molar-refractivity contribution in [3.05, 3.63) is 11.6 Å². The normalized spacial score (nSPS) is 55.4. The molecule has 5 aliphatic carbocycles. The Morgan fingerprint density at radius 2 is 1.22 bits per heavy atom. The Kier molecular flexibility index (Phi) is 15.8. The average Bonchev–Trinajstić information content (AvgIpc) is 3.35. The fourth-order valence-corrected chi connectivity index (χ4v) is 16.2. The Bertz CT molecular complexity index is 2050. The SMILES string of the molecule is CC1OC(OC2C(O)C(CO)OC(OC3C(O)C(C)OC(OC4C(OC5CCC6(C)C(CCC7(C)C6CC=C6C8CC(C)(C)CCC8(C(=O)O)CCC67C)C5(C)CO)OCC(O)C4O)C3O)C2O)C(O)C(O)C1O. The zero-order valence-corrected chi connectivity index (χ0v) is 44.1. The van der Waals surface area contributed by atoms with E-state index < -0.39 is 146 Å². The summed E-state index contributed by atoms with van der Waals surface area (Å²) in [4.78, 5) is 13.2. The van der Waals surface area contributed by atoms with E-state index in [1.807, 2.05) is 6.92 Å². The highest BCUT2D eigenvalue weighted by molar-refractivity contribution is 5.76. The first-order valence-corrected chi connectivity index (χ1v) is 27.1. The maximum absolute atomic E-state index is 13.2. The number of hydrogen-bond acceptors (Lipinski definition) is 20. The number of allylic oxidation sites excluding steroid dienone is 2. The molecule has 4 heterocycles. The van der Waals surface area contributed by atoms with Gasteiger partial charge in [-0.05, 0) is 117 Å². The van der Waals surface area contributed by atoms with Gasteiger partial charge in [0.15, 0.2) is 25.2 Å². The van der Waals surface area contributed by atoms with Gasteiger partial charge in [-0.2, -0.15) is 0 Å². The quantitative estimate of drug-likeness (QED) is 0.0971. The third-order valence-corrected chi connectivity index (χ3v) is 21.2. The number of aliphatic carboxylic acids is 1. The van der Waals surface area contributed by atoms with E-state index in [1.165, 1.54) is 19.4 Å². The summed E-state index contributed by atoms with van der Waals surface area (Å²) in [6, 6.07) is 0. The molecule has 0 aromatic rings. The van der Waals surface area contributed by atoms with Gasteiger partial charge in [-0.1, -0.05) is 53.2 Å². The minimum Gasteiger partial charge on any atom is -0.481 e. The van der Waals surface area contributed by atoms with Crippen LogP contribution in [0.1, 0.15) is 120 Å². The monoisotopic (exact) mass is 1060 g/mol. The third-order valence-electron chi connectivity index (χ3n) is 21.2. The summed E-state index contributed by atoms with van der Waals surface area (Å²) in [6.07, 6.45) is -21.1. The lowest BCUT2D eigenvalue weighted by atomic mass is 9.33. The molecule has 4 saturated heterocycles. The van der Waals surface area contributed by atoms with E-state index in [2.05, 4.69) is 40.7 Å². The van der Waals surface area contributed by atoms with E-state index in [0.29, 0.717) is 19.3 Å². The number of carboxylic acids is 1. The lowest BCUT2D eigenvalue weighted by Crippen LogP contribution is -2.67. The molecule has 21 heteroatoms. The summed E-state index contributed by atoms with van der Waals surface area (Å²) >= 11 is 0. The molecule has 0 bridgehead atoms. The molecule has 0 aromatic heterocycles. The molecule has 74 heavy (non-hydrogen) atoms. The first-order valence-electron chi connectivity index (χ1n) is 27.1. The minimum atomic E-state index is -1.94. The van der Waals surface area contributed by atoms with Crippen LogP contribution in [0, 0.1) is 50.2 Å². The van der Waals surface area contributed by atoms with E-state index >= 15 is 0 Å². The molecule has 12 N–H and O–H groups in total. The van der Waals surface area contributed by atoms with Crippen LogP contribution in [-0.4, -0.2) is 210 Å². The molecule has 28 unspecified atom stereocenters. The smallest absolute Gasteiger partial charge is 0.310 e. The van der Waals surface area contributed by atoms with Gasteiger partial charge in [0.1, 0.15) is 79.4 Å². The van der Waals surface area contributed by atoms with Crippen LogP contribution in [0.3, 0.4) is 0 Å². The molecule has 28 atom stereocenters. The van der Waals surface area contributed by atoms with E-state index in [0.717, 1.165) is 44.9 Å². The lowest BCUT2D eigenvalue weighted by molar-refractivity contribution is -0.391. The molecule has 4 saturated carbocycles. The van der Waals surface area contributed by atoms with Crippen LogP contribution < -0.4 is 0 Å². The predicted octanol–water partition coefficient (Wildman–Crippen LogP) is 0.197. The van der Waals surface area contributed by atoms with Crippen LogP contribution in [0.15, 0.2) is 11.6 Å². The summed E-state index contributed by atoms with van der Waals surface area (Å²) in [6.45, 7) is 15.2. The Hall–Kier alpha value is -1.55. The van der Waals surface area contributed by atoms with E-state index in [-0.39, 0.29) is 52.6 Å². The maximum Gasteiger partial charge on any atom is 0.310 e. The van der Waals surface area contributed by atoms with Gasteiger partial charge in [-0.25, -0.2) is 0 Å². The Morgan fingerprint density at radius 1 is 0.622 bits per heavy atom. The van der Waals surface area contributed by atoms with Gasteiger partial charge in [0.2, 0.25) is 0 Å². The molecular formula is C53H86O21. The lowest BCUT2D eigenvalue weighted by Gasteiger charge is -2.71. The first-order chi connectivity index (χ1) is 34.6. The average molecular weight is 1060 g/mol. The highest BCUT2D eigenvalue weighted by atomic mass is 16.8. The first kappa shape index (κ1) is 57.1. The number of aliphatic hydroxyl groups excluding tert-OH is 11. The van der Waals surface area contributed by atoms with Gasteiger partial charge in [-0.3, -0.25) is 4.79 Å². The molecule has 0 spiro atoms. The van der Waals surface area contributed by atoms with E-state index in [4.69, 9.17) is 37.9 Å². The van der Waals surface area contributed by atoms with Crippen LogP contribution in [0.4, 0.5) is 0 Å². The fourth-order valence-electron chi connectivity index (χ4n) is 16.2. The fraction of sp³-hybridized carbons (Fsp3) is 0.943. The van der Waals surface area contributed by atoms with Gasteiger partial charge >= 0.3 is 5.97 Å². The standard InChI is InChI=1S/C53H86O21/c1-23-32(57)36(61)37(62)43(68-23)73-41-35(60)28(20-54)70-45(39(41)64)72-40-33(58)24(2)69-44(38(40)63)74-42-34(59)27(56)21-67-46(42)71-31-12-13-49(5)29(50(31,6)22-55)11-14-52(8)30(49)10-9-25-26-19-48(3,4)15-17-53(26,47(65)66)18-16-51(25,52)7/h9,23-24,26-46,54-64H,10-22H2,1-8H3,(H,65,66). The maximum atomic E-state index is 13.2. The van der Waals surface area contributed by atoms with Gasteiger partial charge in [0.05, 0.1) is 43.5 Å². The van der Waals surface area contributed by atoms with Crippen molar-refractivity contribution in [3.8, 4) is 0 Å². The van der Waals surface area contributed by atoms with Crippen molar-refractivity contribution in [2.24, 2.45) is 50.2 Å². The summed E-state index contributed by atoms with van der Waals surface area (Å²) in [7, 11) is 0. The van der Waals surface area contributed by atoms with Crippen molar-refractivity contribution in [1.29, 1.82) is 0 Å². The number of rotatable bonds is 11. The second kappa shape index (κ2) is 20.5. The molecule has 0 radical (unpaired) electrons. The van der Waals surface area contributed by atoms with Crippen LogP contribution in [0.2, 0.25) is 0 Å². The molecular weight excluding hydrogens is 973 g/mol. The van der Waals surface area contributed by atoms with Crippen molar-refractivity contribution in [1.82, 2.24) is 0 Å². The Labute approximate surface area is 433 Å². The van der Waals surface area contributed by atoms with Crippen molar-refractivity contribution in [2.45, 2.75) is 242 Å². The molecule has 21 nitrogen and oxygen atoms in total. The number of hydrogen-bond donors (Lipinski definition) is 12. The molecule has 9 aliphatic rings. The highest BCUT2D eigenvalue weighted by Gasteiger charge is 2.70. The zero-order valence-electron chi connectivity index (χ0n) is 44.1. The third kappa shape index (κ3) is 9.08. The molecule has 0 amide bonds. The minimum absolute atomic E-state index is 0.0230. The van der Waals surface area contributed by atoms with Gasteiger partial charge < -0.3 is 99.2 Å². The molecule has 0 aromatic carbocycles. The number of carbonyl (C=O) groups is 1. The highest BCUT2D eigenvalue weighted by Crippen LogP contribution is 2.76. The number of fused-ring (bicyclic) bond motifs is 7. The predicted molar refractivity (Wildman–Crippen MR) is 256 cm³/mol. The largest absolute Gasteiger partial charge is 0.481 e. The topological polar surface area (TPSA) is 334 Å². The van der Waals surface area contributed by atoms with Crippen LogP contribution in [-0.2, 0) is 42.7 Å². The van der Waals surface area contributed by atoms with Gasteiger partial charge in [-0.15, -0.1) is 0 Å². The second-order valence-electron chi connectivity index (χ2n) is 25.6.